The van der Waals surface area contributed by atoms with Gasteiger partial charge in [-0.25, -0.2) is 0 Å². The fraction of sp³-hybridized carbons (Fsp3) is 0.0909. The maximum Gasteiger partial charge on any atom is 0.379 e. The third kappa shape index (κ3) is 4.44. The van der Waals surface area contributed by atoms with Gasteiger partial charge in [0.05, 0.1) is 0 Å². The van der Waals surface area contributed by atoms with E-state index in [4.69, 9.17) is 0 Å². The molecule has 0 radical (unpaired) electrons. The number of rotatable bonds is 0. The van der Waals surface area contributed by atoms with E-state index in [1.807, 2.05) is 36.4 Å². The van der Waals surface area contributed by atoms with Crippen molar-refractivity contribution in [3.05, 3.63) is 42.5 Å². The van der Waals surface area contributed by atoms with Gasteiger partial charge in [0.25, 0.3) is 0 Å². The molecule has 5 heteroatoms. The number of aromatic hydroxyl groups is 1. The maximum atomic E-state index is 9.67. The molecule has 16 heavy (non-hydrogen) atoms. The molecule has 1 N–H and O–H groups in total. The van der Waals surface area contributed by atoms with E-state index in [0.717, 1.165) is 10.8 Å². The Morgan fingerprint density at radius 1 is 0.875 bits per heavy atom. The van der Waals surface area contributed by atoms with Crippen molar-refractivity contribution in [2.24, 2.45) is 0 Å². The third-order valence-electron chi connectivity index (χ3n) is 1.77. The summed E-state index contributed by atoms with van der Waals surface area (Å²) in [5, 5.41) is 11.4. The van der Waals surface area contributed by atoms with E-state index in [9.17, 15) is 18.3 Å². The molecule has 0 saturated carbocycles. The first kappa shape index (κ1) is 14.6. The van der Waals surface area contributed by atoms with Gasteiger partial charge in [0.2, 0.25) is 0 Å². The first-order chi connectivity index (χ1) is 7.11. The Kier molecular flexibility index (Phi) is 6.41. The summed E-state index contributed by atoms with van der Waals surface area (Å²) in [6.45, 7) is -3.67. The molecule has 1 nitrogen and oxygen atoms in total. The van der Waals surface area contributed by atoms with Crippen molar-refractivity contribution in [1.29, 1.82) is 0 Å². The van der Waals surface area contributed by atoms with Gasteiger partial charge in [0.15, 0.2) is 0 Å². The fourth-order valence-corrected chi connectivity index (χ4v) is 1.21. The average molecular weight is 248 g/mol. The summed E-state index contributed by atoms with van der Waals surface area (Å²) >= 11 is 0. The standard InChI is InChI=1S/C10H8O.CHF3.H2S/c11-10-7-3-5-8-4-1-2-6-9(8)10;2-1(3)4;/h1-7,11H;1H;1H2. The summed E-state index contributed by atoms with van der Waals surface area (Å²) < 4.78 is 29.0. The van der Waals surface area contributed by atoms with Gasteiger partial charge < -0.3 is 5.11 Å². The SMILES string of the molecule is FC(F)F.Oc1cccc2ccccc12.S. The molecule has 0 atom stereocenters. The monoisotopic (exact) mass is 248 g/mol. The topological polar surface area (TPSA) is 20.2 Å². The molecule has 0 amide bonds. The minimum Gasteiger partial charge on any atom is -0.507 e. The van der Waals surface area contributed by atoms with Gasteiger partial charge in [-0.2, -0.15) is 26.7 Å². The average Bonchev–Trinajstić information content (AvgIpc) is 2.18. The van der Waals surface area contributed by atoms with Crippen LogP contribution in [0, 0.1) is 0 Å². The number of alkyl halides is 3. The molecular formula is C11H11F3OS. The minimum atomic E-state index is -3.67. The van der Waals surface area contributed by atoms with Crippen molar-refractivity contribution >= 4 is 24.3 Å². The van der Waals surface area contributed by atoms with E-state index < -0.39 is 6.68 Å². The molecule has 0 aliphatic rings. The van der Waals surface area contributed by atoms with Crippen molar-refractivity contribution < 1.29 is 18.3 Å². The number of phenolic OH excluding ortho intramolecular Hbond substituents is 1. The molecular weight excluding hydrogens is 237 g/mol. The summed E-state index contributed by atoms with van der Waals surface area (Å²) in [5.74, 6) is 0.350. The molecule has 0 heterocycles. The van der Waals surface area contributed by atoms with Crippen LogP contribution in [0.5, 0.6) is 5.75 Å². The van der Waals surface area contributed by atoms with Gasteiger partial charge in [-0.05, 0) is 11.5 Å². The summed E-state index contributed by atoms with van der Waals surface area (Å²) in [7, 11) is 0. The predicted octanol–water partition coefficient (Wildman–Crippen LogP) is 3.84. The van der Waals surface area contributed by atoms with E-state index in [1.54, 1.807) is 6.07 Å². The smallest absolute Gasteiger partial charge is 0.379 e. The van der Waals surface area contributed by atoms with Gasteiger partial charge in [0, 0.05) is 5.39 Å². The lowest BCUT2D eigenvalue weighted by Crippen LogP contribution is -1.70. The van der Waals surface area contributed by atoms with Gasteiger partial charge in [0.1, 0.15) is 5.75 Å². The van der Waals surface area contributed by atoms with Crippen LogP contribution in [0.1, 0.15) is 0 Å². The van der Waals surface area contributed by atoms with Gasteiger partial charge >= 0.3 is 6.68 Å². The molecule has 0 fully saturated rings. The van der Waals surface area contributed by atoms with Crippen molar-refractivity contribution in [1.82, 2.24) is 0 Å². The number of halogens is 3. The molecule has 0 unspecified atom stereocenters. The van der Waals surface area contributed by atoms with E-state index in [2.05, 4.69) is 0 Å². The van der Waals surface area contributed by atoms with Crippen LogP contribution >= 0.6 is 13.5 Å². The Labute approximate surface area is 98.0 Å². The van der Waals surface area contributed by atoms with Crippen molar-refractivity contribution in [3.63, 3.8) is 0 Å². The zero-order chi connectivity index (χ0) is 11.3. The summed E-state index contributed by atoms with van der Waals surface area (Å²) in [4.78, 5) is 0. The number of hydrogen-bond donors (Lipinski definition) is 1. The number of benzene rings is 2. The molecule has 2 aromatic carbocycles. The molecule has 0 aliphatic heterocycles. The van der Waals surface area contributed by atoms with Gasteiger partial charge in [-0.1, -0.05) is 36.4 Å². The van der Waals surface area contributed by atoms with Crippen LogP contribution in [0.4, 0.5) is 13.2 Å². The third-order valence-corrected chi connectivity index (χ3v) is 1.77. The highest BCUT2D eigenvalue weighted by atomic mass is 32.1. The Morgan fingerprint density at radius 3 is 1.94 bits per heavy atom. The molecule has 0 aliphatic carbocycles. The first-order valence-electron chi connectivity index (χ1n) is 4.20. The maximum absolute atomic E-state index is 9.67. The largest absolute Gasteiger partial charge is 0.507 e. The van der Waals surface area contributed by atoms with Crippen molar-refractivity contribution in [2.45, 2.75) is 6.68 Å². The van der Waals surface area contributed by atoms with Crippen LogP contribution in [-0.2, 0) is 0 Å². The highest BCUT2D eigenvalue weighted by Gasteiger charge is 1.94. The second-order valence-corrected chi connectivity index (χ2v) is 2.75. The fourth-order valence-electron chi connectivity index (χ4n) is 1.21. The van der Waals surface area contributed by atoms with E-state index in [0.29, 0.717) is 5.75 Å². The van der Waals surface area contributed by atoms with Crippen molar-refractivity contribution in [3.8, 4) is 5.75 Å². The zero-order valence-corrected chi connectivity index (χ0v) is 9.20. The van der Waals surface area contributed by atoms with E-state index in [1.165, 1.54) is 0 Å². The molecule has 88 valence electrons. The Balaban J connectivity index is 0.000000397. The summed E-state index contributed by atoms with van der Waals surface area (Å²) in [5.41, 5.74) is 0. The molecule has 0 saturated heterocycles. The lowest BCUT2D eigenvalue weighted by Gasteiger charge is -1.97. The van der Waals surface area contributed by atoms with Crippen molar-refractivity contribution in [2.75, 3.05) is 0 Å². The predicted molar refractivity (Wildman–Crippen MR) is 63.1 cm³/mol. The molecule has 2 rings (SSSR count). The Bertz CT molecular complexity index is 426. The van der Waals surface area contributed by atoms with Crippen LogP contribution in [0.3, 0.4) is 0 Å². The Morgan fingerprint density at radius 2 is 1.38 bits per heavy atom. The lowest BCUT2D eigenvalue weighted by atomic mass is 10.1. The highest BCUT2D eigenvalue weighted by molar-refractivity contribution is 7.59. The summed E-state index contributed by atoms with van der Waals surface area (Å²) in [6.07, 6.45) is 0. The van der Waals surface area contributed by atoms with E-state index in [-0.39, 0.29) is 13.5 Å². The Hall–Kier alpha value is -1.36. The minimum absolute atomic E-state index is 0. The highest BCUT2D eigenvalue weighted by Crippen LogP contribution is 2.22. The molecule has 0 bridgehead atoms. The second kappa shape index (κ2) is 7.00. The van der Waals surface area contributed by atoms with Crippen LogP contribution < -0.4 is 0 Å². The molecule has 2 aromatic rings. The quantitative estimate of drug-likeness (QED) is 0.751. The van der Waals surface area contributed by atoms with Gasteiger partial charge in [-0.15, -0.1) is 0 Å². The van der Waals surface area contributed by atoms with Crippen LogP contribution in [-0.4, -0.2) is 11.8 Å². The zero-order valence-electron chi connectivity index (χ0n) is 8.20. The number of hydrogen-bond acceptors (Lipinski definition) is 1. The van der Waals surface area contributed by atoms with Gasteiger partial charge in [-0.3, -0.25) is 0 Å². The summed E-state index contributed by atoms with van der Waals surface area (Å²) in [6, 6.07) is 13.3. The van der Waals surface area contributed by atoms with E-state index >= 15 is 0 Å². The number of phenols is 1. The normalized spacial score (nSPS) is 9.25. The van der Waals surface area contributed by atoms with Crippen LogP contribution in [0.25, 0.3) is 10.8 Å². The second-order valence-electron chi connectivity index (χ2n) is 2.75. The lowest BCUT2D eigenvalue weighted by molar-refractivity contribution is 0.00819. The number of fused-ring (bicyclic) bond motifs is 1. The molecule has 0 aromatic heterocycles. The van der Waals surface area contributed by atoms with Crippen LogP contribution in [0.2, 0.25) is 0 Å². The molecule has 0 spiro atoms. The first-order valence-corrected chi connectivity index (χ1v) is 4.20. The van der Waals surface area contributed by atoms with Crippen LogP contribution in [0.15, 0.2) is 42.5 Å².